The lowest BCUT2D eigenvalue weighted by atomic mass is 9.84. The molecule has 1 fully saturated rings. The van der Waals surface area contributed by atoms with E-state index in [2.05, 4.69) is 36.5 Å². The Bertz CT molecular complexity index is 727. The molecule has 3 nitrogen and oxygen atoms in total. The van der Waals surface area contributed by atoms with Gasteiger partial charge in [-0.05, 0) is 25.1 Å². The molecule has 1 aliphatic rings. The second-order valence-corrected chi connectivity index (χ2v) is 13.3. The van der Waals surface area contributed by atoms with Gasteiger partial charge in [0.05, 0.1) is 0 Å². The quantitative estimate of drug-likeness (QED) is 0.0787. The van der Waals surface area contributed by atoms with Gasteiger partial charge >= 0.3 is 5.97 Å². The maximum absolute atomic E-state index is 12.7. The Kier molecular flexibility index (Phi) is 22.9. The molecule has 1 N–H and O–H groups in total. The standard InChI is InChI=1S/C39H69NO2/c1-2-3-4-5-6-7-8-9-10-11-12-13-14-15-16-17-18-19-20-21-22-23-24-25-29-32-38(41)42-39(33-35-40-36-34-39)37-30-27-26-28-31-37/h26-28,30-31,40H,2-25,29,32-36H2,1H3. The van der Waals surface area contributed by atoms with Crippen molar-refractivity contribution in [2.45, 2.75) is 192 Å². The van der Waals surface area contributed by atoms with E-state index in [4.69, 9.17) is 4.74 Å². The lowest BCUT2D eigenvalue weighted by Gasteiger charge is -2.37. The van der Waals surface area contributed by atoms with Crippen molar-refractivity contribution in [2.24, 2.45) is 0 Å². The molecule has 0 amide bonds. The van der Waals surface area contributed by atoms with E-state index in [1.165, 1.54) is 148 Å². The molecule has 0 aromatic heterocycles. The van der Waals surface area contributed by atoms with E-state index in [0.717, 1.165) is 44.3 Å². The average Bonchev–Trinajstić information content (AvgIpc) is 3.02. The summed E-state index contributed by atoms with van der Waals surface area (Å²) in [6.45, 7) is 4.11. The van der Waals surface area contributed by atoms with Crippen molar-refractivity contribution < 1.29 is 9.53 Å². The number of esters is 1. The predicted molar refractivity (Wildman–Crippen MR) is 182 cm³/mol. The van der Waals surface area contributed by atoms with Crippen molar-refractivity contribution in [1.29, 1.82) is 0 Å². The van der Waals surface area contributed by atoms with Crippen LogP contribution in [0.3, 0.4) is 0 Å². The minimum Gasteiger partial charge on any atom is -0.454 e. The lowest BCUT2D eigenvalue weighted by molar-refractivity contribution is -0.164. The van der Waals surface area contributed by atoms with Crippen LogP contribution in [0.2, 0.25) is 0 Å². The van der Waals surface area contributed by atoms with Crippen LogP contribution in [-0.2, 0) is 15.1 Å². The predicted octanol–water partition coefficient (Wildman–Crippen LogP) is 12.0. The van der Waals surface area contributed by atoms with Gasteiger partial charge < -0.3 is 10.1 Å². The van der Waals surface area contributed by atoms with Crippen LogP contribution in [0, 0.1) is 0 Å². The van der Waals surface area contributed by atoms with Crippen LogP contribution in [0.5, 0.6) is 0 Å². The summed E-state index contributed by atoms with van der Waals surface area (Å²) in [7, 11) is 0. The summed E-state index contributed by atoms with van der Waals surface area (Å²) >= 11 is 0. The highest BCUT2D eigenvalue weighted by Crippen LogP contribution is 2.35. The second-order valence-electron chi connectivity index (χ2n) is 13.3. The number of carbonyl (C=O) groups excluding carboxylic acids is 1. The first kappa shape index (κ1) is 36.8. The molecule has 3 heteroatoms. The van der Waals surface area contributed by atoms with Crippen molar-refractivity contribution in [2.75, 3.05) is 13.1 Å². The highest BCUT2D eigenvalue weighted by Gasteiger charge is 2.37. The van der Waals surface area contributed by atoms with E-state index < -0.39 is 5.60 Å². The fraction of sp³-hybridized carbons (Fsp3) is 0.821. The van der Waals surface area contributed by atoms with Gasteiger partial charge in [-0.15, -0.1) is 0 Å². The van der Waals surface area contributed by atoms with Crippen molar-refractivity contribution in [1.82, 2.24) is 5.32 Å². The van der Waals surface area contributed by atoms with Gasteiger partial charge in [-0.3, -0.25) is 4.79 Å². The first-order valence-corrected chi connectivity index (χ1v) is 18.7. The van der Waals surface area contributed by atoms with E-state index in [9.17, 15) is 4.79 Å². The molecule has 0 unspecified atom stereocenters. The maximum Gasteiger partial charge on any atom is 0.306 e. The van der Waals surface area contributed by atoms with Crippen molar-refractivity contribution in [3.05, 3.63) is 35.9 Å². The third-order valence-electron chi connectivity index (χ3n) is 9.50. The molecule has 0 spiro atoms. The van der Waals surface area contributed by atoms with Crippen LogP contribution in [0.15, 0.2) is 30.3 Å². The summed E-state index contributed by atoms with van der Waals surface area (Å²) in [5.74, 6) is -0.0187. The topological polar surface area (TPSA) is 38.3 Å². The third kappa shape index (κ3) is 18.3. The summed E-state index contributed by atoms with van der Waals surface area (Å²) in [4.78, 5) is 12.7. The molecule has 2 rings (SSSR count). The molecule has 0 aliphatic carbocycles. The molecule has 1 aromatic carbocycles. The first-order chi connectivity index (χ1) is 20.8. The fourth-order valence-electron chi connectivity index (χ4n) is 6.70. The normalized spacial score (nSPS) is 14.7. The van der Waals surface area contributed by atoms with E-state index in [0.29, 0.717) is 6.42 Å². The van der Waals surface area contributed by atoms with Gasteiger partial charge in [-0.2, -0.15) is 0 Å². The lowest BCUT2D eigenvalue weighted by Crippen LogP contribution is -2.43. The Labute approximate surface area is 261 Å². The summed E-state index contributed by atoms with van der Waals surface area (Å²) in [5.41, 5.74) is 0.713. The Hall–Kier alpha value is -1.35. The average molecular weight is 584 g/mol. The summed E-state index contributed by atoms with van der Waals surface area (Å²) in [6, 6.07) is 10.4. The molecule has 1 heterocycles. The molecule has 0 saturated carbocycles. The van der Waals surface area contributed by atoms with Crippen LogP contribution >= 0.6 is 0 Å². The van der Waals surface area contributed by atoms with E-state index >= 15 is 0 Å². The zero-order valence-electron chi connectivity index (χ0n) is 27.9. The summed E-state index contributed by atoms with van der Waals surface area (Å²) < 4.78 is 6.14. The highest BCUT2D eigenvalue weighted by atomic mass is 16.6. The SMILES string of the molecule is CCCCCCCCCCCCCCCCCCCCCCCCCCCC(=O)OC1(c2ccccc2)CCNCC1. The number of carbonyl (C=O) groups is 1. The Balaban J connectivity index is 1.29. The zero-order valence-corrected chi connectivity index (χ0v) is 27.9. The van der Waals surface area contributed by atoms with Gasteiger partial charge in [-0.1, -0.05) is 191 Å². The molecule has 0 bridgehead atoms. The van der Waals surface area contributed by atoms with Crippen LogP contribution in [-0.4, -0.2) is 19.1 Å². The molecule has 0 radical (unpaired) electrons. The van der Waals surface area contributed by atoms with Gasteiger partial charge in [0.1, 0.15) is 5.60 Å². The van der Waals surface area contributed by atoms with E-state index in [1.807, 2.05) is 6.07 Å². The van der Waals surface area contributed by atoms with Crippen LogP contribution < -0.4 is 5.32 Å². The molecule has 1 aromatic rings. The number of hydrogen-bond donors (Lipinski definition) is 1. The first-order valence-electron chi connectivity index (χ1n) is 18.7. The maximum atomic E-state index is 12.7. The molecular weight excluding hydrogens is 514 g/mol. The van der Waals surface area contributed by atoms with Gasteiger partial charge in [0, 0.05) is 19.3 Å². The Morgan fingerprint density at radius 1 is 0.571 bits per heavy atom. The van der Waals surface area contributed by atoms with Gasteiger partial charge in [0.2, 0.25) is 0 Å². The smallest absolute Gasteiger partial charge is 0.306 e. The molecule has 242 valence electrons. The Morgan fingerprint density at radius 3 is 1.31 bits per heavy atom. The van der Waals surface area contributed by atoms with Crippen LogP contribution in [0.25, 0.3) is 0 Å². The number of nitrogens with one attached hydrogen (secondary N) is 1. The van der Waals surface area contributed by atoms with Crippen molar-refractivity contribution >= 4 is 5.97 Å². The van der Waals surface area contributed by atoms with E-state index in [-0.39, 0.29) is 5.97 Å². The number of benzene rings is 1. The molecule has 0 atom stereocenters. The number of piperidine rings is 1. The van der Waals surface area contributed by atoms with Crippen LogP contribution in [0.4, 0.5) is 0 Å². The van der Waals surface area contributed by atoms with Gasteiger partial charge in [0.25, 0.3) is 0 Å². The highest BCUT2D eigenvalue weighted by molar-refractivity contribution is 5.70. The number of hydrogen-bond acceptors (Lipinski definition) is 3. The minimum atomic E-state index is -0.435. The Morgan fingerprint density at radius 2 is 0.929 bits per heavy atom. The van der Waals surface area contributed by atoms with Crippen molar-refractivity contribution in [3.8, 4) is 0 Å². The van der Waals surface area contributed by atoms with Gasteiger partial charge in [0.15, 0.2) is 0 Å². The van der Waals surface area contributed by atoms with Gasteiger partial charge in [-0.25, -0.2) is 0 Å². The van der Waals surface area contributed by atoms with Crippen LogP contribution in [0.1, 0.15) is 192 Å². The largest absolute Gasteiger partial charge is 0.454 e. The summed E-state index contributed by atoms with van der Waals surface area (Å²) in [6.07, 6.45) is 37.2. The number of unbranched alkanes of at least 4 members (excludes halogenated alkanes) is 24. The van der Waals surface area contributed by atoms with E-state index in [1.54, 1.807) is 0 Å². The number of ether oxygens (including phenoxy) is 1. The molecule has 1 aliphatic heterocycles. The second kappa shape index (κ2) is 26.1. The monoisotopic (exact) mass is 584 g/mol. The summed E-state index contributed by atoms with van der Waals surface area (Å²) in [5, 5.41) is 3.40. The number of rotatable bonds is 28. The molecule has 42 heavy (non-hydrogen) atoms. The van der Waals surface area contributed by atoms with Crippen molar-refractivity contribution in [3.63, 3.8) is 0 Å². The molecular formula is C39H69NO2. The fourth-order valence-corrected chi connectivity index (χ4v) is 6.70. The molecule has 1 saturated heterocycles. The zero-order chi connectivity index (χ0) is 29.8. The third-order valence-corrected chi connectivity index (χ3v) is 9.50. The minimum absolute atomic E-state index is 0.0187.